The van der Waals surface area contributed by atoms with Gasteiger partial charge in [0.25, 0.3) is 0 Å². The van der Waals surface area contributed by atoms with Gasteiger partial charge < -0.3 is 0 Å². The zero-order chi connectivity index (χ0) is 17.4. The van der Waals surface area contributed by atoms with E-state index in [0.717, 1.165) is 27.5 Å². The van der Waals surface area contributed by atoms with E-state index in [-0.39, 0.29) is 5.78 Å². The molecule has 6 heteroatoms. The molecule has 2 aromatic carbocycles. The predicted molar refractivity (Wildman–Crippen MR) is 103 cm³/mol. The number of Topliss-reactive ketones (excluding diaryl/α,β-unsaturated/α-hetero) is 1. The van der Waals surface area contributed by atoms with Gasteiger partial charge in [-0.1, -0.05) is 24.3 Å². The maximum absolute atomic E-state index is 12.8. The summed E-state index contributed by atoms with van der Waals surface area (Å²) < 4.78 is 1.05. The van der Waals surface area contributed by atoms with E-state index in [0.29, 0.717) is 5.82 Å². The molecule has 1 heterocycles. The number of rotatable bonds is 4. The van der Waals surface area contributed by atoms with Crippen molar-refractivity contribution >= 4 is 28.4 Å². The molecule has 1 aliphatic rings. The summed E-state index contributed by atoms with van der Waals surface area (Å²) in [5.41, 5.74) is 4.31. The number of carbonyl (C=O) groups is 1. The highest BCUT2D eigenvalue weighted by Crippen LogP contribution is 2.25. The van der Waals surface area contributed by atoms with E-state index >= 15 is 0 Å². The second kappa shape index (κ2) is 6.67. The van der Waals surface area contributed by atoms with Crippen molar-refractivity contribution in [1.29, 1.82) is 0 Å². The summed E-state index contributed by atoms with van der Waals surface area (Å²) in [6, 6.07) is 13.4. The monoisotopic (exact) mass is 444 g/mol. The number of ketones is 1. The third-order valence-corrected chi connectivity index (χ3v) is 5.59. The van der Waals surface area contributed by atoms with Crippen LogP contribution in [0.2, 0.25) is 0 Å². The number of aryl methyl sites for hydroxylation is 2. The van der Waals surface area contributed by atoms with Crippen molar-refractivity contribution < 1.29 is 4.79 Å². The Morgan fingerprint density at radius 1 is 1.16 bits per heavy atom. The molecule has 0 aliphatic heterocycles. The first-order chi connectivity index (χ1) is 12.1. The lowest BCUT2D eigenvalue weighted by molar-refractivity contribution is 0.0918. The van der Waals surface area contributed by atoms with Crippen LogP contribution in [-0.4, -0.2) is 26.0 Å². The molecular formula is C19H17IN4O. The molecule has 0 bridgehead atoms. The molecule has 1 atom stereocenters. The molecule has 0 spiro atoms. The first kappa shape index (κ1) is 16.4. The molecule has 0 N–H and O–H groups in total. The highest BCUT2D eigenvalue weighted by molar-refractivity contribution is 14.1. The summed E-state index contributed by atoms with van der Waals surface area (Å²) >= 11 is 2.25. The van der Waals surface area contributed by atoms with Crippen LogP contribution in [0.3, 0.4) is 0 Å². The van der Waals surface area contributed by atoms with Gasteiger partial charge in [-0.15, -0.1) is 10.2 Å². The Morgan fingerprint density at radius 2 is 1.96 bits per heavy atom. The van der Waals surface area contributed by atoms with Crippen molar-refractivity contribution in [3.8, 4) is 11.4 Å². The number of benzene rings is 2. The van der Waals surface area contributed by atoms with Crippen molar-refractivity contribution in [2.24, 2.45) is 0 Å². The number of fused-ring (bicyclic) bond motifs is 1. The minimum atomic E-state index is -0.484. The normalized spacial score (nSPS) is 14.3. The molecule has 1 aromatic heterocycles. The average Bonchev–Trinajstić information content (AvgIpc) is 3.29. The van der Waals surface area contributed by atoms with Crippen LogP contribution in [-0.2, 0) is 12.8 Å². The fourth-order valence-electron chi connectivity index (χ4n) is 3.21. The Bertz CT molecular complexity index is 950. The molecule has 0 saturated carbocycles. The molecule has 5 nitrogen and oxygen atoms in total. The van der Waals surface area contributed by atoms with Crippen LogP contribution < -0.4 is 0 Å². The predicted octanol–water partition coefficient (Wildman–Crippen LogP) is 3.88. The van der Waals surface area contributed by atoms with Crippen molar-refractivity contribution in [3.63, 3.8) is 0 Å². The molecular weight excluding hydrogens is 427 g/mol. The summed E-state index contributed by atoms with van der Waals surface area (Å²) in [5.74, 6) is 0.556. The van der Waals surface area contributed by atoms with E-state index in [1.54, 1.807) is 0 Å². The molecule has 0 radical (unpaired) electrons. The van der Waals surface area contributed by atoms with E-state index in [4.69, 9.17) is 0 Å². The van der Waals surface area contributed by atoms with Gasteiger partial charge in [-0.2, -0.15) is 4.80 Å². The van der Waals surface area contributed by atoms with Gasteiger partial charge in [0.1, 0.15) is 6.04 Å². The molecule has 1 unspecified atom stereocenters. The van der Waals surface area contributed by atoms with Gasteiger partial charge in [-0.25, -0.2) is 0 Å². The van der Waals surface area contributed by atoms with Gasteiger partial charge in [0.15, 0.2) is 5.78 Å². The van der Waals surface area contributed by atoms with E-state index < -0.39 is 6.04 Å². The van der Waals surface area contributed by atoms with E-state index in [9.17, 15) is 4.79 Å². The van der Waals surface area contributed by atoms with Crippen molar-refractivity contribution in [2.45, 2.75) is 32.2 Å². The summed E-state index contributed by atoms with van der Waals surface area (Å²) in [6.07, 6.45) is 3.35. The average molecular weight is 444 g/mol. The third-order valence-electron chi connectivity index (χ3n) is 4.65. The number of hydrogen-bond acceptors (Lipinski definition) is 4. The molecule has 0 saturated heterocycles. The number of nitrogens with zero attached hydrogens (tertiary/aromatic N) is 4. The lowest BCUT2D eigenvalue weighted by Gasteiger charge is -2.10. The van der Waals surface area contributed by atoms with Crippen LogP contribution in [0.15, 0.2) is 42.5 Å². The molecule has 1 aliphatic carbocycles. The van der Waals surface area contributed by atoms with Gasteiger partial charge in [0, 0.05) is 14.7 Å². The quantitative estimate of drug-likeness (QED) is 0.453. The van der Waals surface area contributed by atoms with Crippen molar-refractivity contribution in [3.05, 3.63) is 62.7 Å². The zero-order valence-corrected chi connectivity index (χ0v) is 16.0. The van der Waals surface area contributed by atoms with Gasteiger partial charge in [0.05, 0.1) is 0 Å². The summed E-state index contributed by atoms with van der Waals surface area (Å²) in [5, 5.41) is 12.7. The fourth-order valence-corrected chi connectivity index (χ4v) is 3.84. The van der Waals surface area contributed by atoms with Crippen molar-refractivity contribution in [2.75, 3.05) is 0 Å². The van der Waals surface area contributed by atoms with Crippen LogP contribution in [0, 0.1) is 3.57 Å². The molecule has 0 fully saturated rings. The second-order valence-electron chi connectivity index (χ2n) is 6.29. The van der Waals surface area contributed by atoms with Gasteiger partial charge in [-0.3, -0.25) is 4.79 Å². The number of hydrogen-bond donors (Lipinski definition) is 0. The van der Waals surface area contributed by atoms with Crippen molar-refractivity contribution in [1.82, 2.24) is 20.2 Å². The maximum Gasteiger partial charge on any atom is 0.206 e. The minimum absolute atomic E-state index is 0.0152. The van der Waals surface area contributed by atoms with Crippen LogP contribution in [0.25, 0.3) is 11.4 Å². The number of aromatic nitrogens is 4. The fraction of sp³-hybridized carbons (Fsp3) is 0.263. The van der Waals surface area contributed by atoms with Crippen LogP contribution in [0.1, 0.15) is 40.9 Å². The van der Waals surface area contributed by atoms with Crippen LogP contribution in [0.5, 0.6) is 0 Å². The Labute approximate surface area is 159 Å². The highest BCUT2D eigenvalue weighted by atomic mass is 127. The van der Waals surface area contributed by atoms with Gasteiger partial charge in [0.2, 0.25) is 5.82 Å². The zero-order valence-electron chi connectivity index (χ0n) is 13.8. The molecule has 0 amide bonds. The number of carbonyl (C=O) groups excluding carboxylic acids is 1. The first-order valence-electron chi connectivity index (χ1n) is 8.34. The lowest BCUT2D eigenvalue weighted by Crippen LogP contribution is -2.19. The standard InChI is InChI=1S/C19H17IN4O/c1-12(18(25)15-10-9-13-5-4-6-14(13)11-15)24-22-19(21-23-24)16-7-2-3-8-17(16)20/h2-3,7-12H,4-6H2,1H3. The second-order valence-corrected chi connectivity index (χ2v) is 7.45. The first-order valence-corrected chi connectivity index (χ1v) is 9.42. The highest BCUT2D eigenvalue weighted by Gasteiger charge is 2.22. The van der Waals surface area contributed by atoms with Gasteiger partial charge >= 0.3 is 0 Å². The number of tetrazole rings is 1. The number of halogens is 1. The molecule has 4 rings (SSSR count). The summed E-state index contributed by atoms with van der Waals surface area (Å²) in [6.45, 7) is 1.82. The summed E-state index contributed by atoms with van der Waals surface area (Å²) in [7, 11) is 0. The lowest BCUT2D eigenvalue weighted by atomic mass is 10.0. The third kappa shape index (κ3) is 3.10. The summed E-state index contributed by atoms with van der Waals surface area (Å²) in [4.78, 5) is 14.2. The maximum atomic E-state index is 12.8. The van der Waals surface area contributed by atoms with Crippen LogP contribution in [0.4, 0.5) is 0 Å². The van der Waals surface area contributed by atoms with E-state index in [1.165, 1.54) is 22.3 Å². The molecule has 25 heavy (non-hydrogen) atoms. The Balaban J connectivity index is 1.60. The largest absolute Gasteiger partial charge is 0.292 e. The SMILES string of the molecule is CC(C(=O)c1ccc2c(c1)CCC2)n1nnc(-c2ccccc2I)n1. The van der Waals surface area contributed by atoms with E-state index in [1.807, 2.05) is 43.3 Å². The molecule has 126 valence electrons. The Hall–Kier alpha value is -2.09. The Kier molecular flexibility index (Phi) is 4.37. The minimum Gasteiger partial charge on any atom is -0.292 e. The van der Waals surface area contributed by atoms with Gasteiger partial charge in [-0.05, 0) is 83.3 Å². The Morgan fingerprint density at radius 3 is 2.80 bits per heavy atom. The van der Waals surface area contributed by atoms with E-state index in [2.05, 4.69) is 44.1 Å². The molecule has 3 aromatic rings. The smallest absolute Gasteiger partial charge is 0.206 e. The van der Waals surface area contributed by atoms with Crippen LogP contribution >= 0.6 is 22.6 Å². The topological polar surface area (TPSA) is 60.7 Å².